The van der Waals surface area contributed by atoms with Gasteiger partial charge in [-0.15, -0.1) is 0 Å². The topological polar surface area (TPSA) is 123 Å². The van der Waals surface area contributed by atoms with E-state index in [1.165, 1.54) is 10.8 Å². The number of likely N-dealkylation sites (tertiary alicyclic amines) is 1. The fourth-order valence-corrected chi connectivity index (χ4v) is 3.90. The molecule has 1 atom stereocenters. The van der Waals surface area contributed by atoms with Crippen LogP contribution in [0.2, 0.25) is 0 Å². The molecule has 1 fully saturated rings. The minimum absolute atomic E-state index is 0.0317. The van der Waals surface area contributed by atoms with Gasteiger partial charge in [0.25, 0.3) is 5.56 Å². The number of ether oxygens (including phenoxy) is 2. The zero-order valence-electron chi connectivity index (χ0n) is 20.7. The summed E-state index contributed by atoms with van der Waals surface area (Å²) in [7, 11) is 0. The molecule has 1 aliphatic heterocycles. The summed E-state index contributed by atoms with van der Waals surface area (Å²) in [5.41, 5.74) is 0.490. The van der Waals surface area contributed by atoms with Crippen LogP contribution in [0, 0.1) is 6.92 Å². The molecule has 1 unspecified atom stereocenters. The van der Waals surface area contributed by atoms with Gasteiger partial charge in [-0.3, -0.25) is 14.2 Å². The molecule has 2 N–H and O–H groups in total. The first-order chi connectivity index (χ1) is 16.5. The van der Waals surface area contributed by atoms with Gasteiger partial charge in [-0.05, 0) is 64.7 Å². The van der Waals surface area contributed by atoms with E-state index in [9.17, 15) is 14.4 Å². The summed E-state index contributed by atoms with van der Waals surface area (Å²) in [5, 5.41) is 12.0. The summed E-state index contributed by atoms with van der Waals surface area (Å²) in [6.45, 7) is 8.29. The third kappa shape index (κ3) is 7.46. The van der Waals surface area contributed by atoms with Crippen molar-refractivity contribution in [2.45, 2.75) is 65.1 Å². The normalized spacial score (nSPS) is 15.7. The second-order valence-electron chi connectivity index (χ2n) is 9.64. The Kier molecular flexibility index (Phi) is 8.37. The van der Waals surface area contributed by atoms with Crippen molar-refractivity contribution in [3.05, 3.63) is 52.1 Å². The first kappa shape index (κ1) is 26.1. The van der Waals surface area contributed by atoms with E-state index >= 15 is 0 Å². The van der Waals surface area contributed by atoms with Crippen LogP contribution in [-0.2, 0) is 22.5 Å². The molecule has 1 aliphatic rings. The summed E-state index contributed by atoms with van der Waals surface area (Å²) in [6.07, 6.45) is 3.56. The van der Waals surface area contributed by atoms with E-state index in [1.807, 2.05) is 45.0 Å². The highest BCUT2D eigenvalue weighted by molar-refractivity contribution is 5.69. The first-order valence-corrected chi connectivity index (χ1v) is 11.8. The predicted molar refractivity (Wildman–Crippen MR) is 131 cm³/mol. The summed E-state index contributed by atoms with van der Waals surface area (Å²) < 4.78 is 12.7. The molecule has 1 saturated heterocycles. The lowest BCUT2D eigenvalue weighted by Crippen LogP contribution is -2.42. The molecule has 1 amide bonds. The van der Waals surface area contributed by atoms with Gasteiger partial charge in [-0.1, -0.05) is 12.1 Å². The molecule has 0 saturated carbocycles. The Hall–Kier alpha value is -3.56. The Morgan fingerprint density at radius 2 is 2.06 bits per heavy atom. The fourth-order valence-electron chi connectivity index (χ4n) is 3.90. The smallest absolute Gasteiger partial charge is 0.410 e. The molecular formula is C25H34N4O6. The maximum atomic E-state index is 12.5. The van der Waals surface area contributed by atoms with Crippen LogP contribution < -0.4 is 15.6 Å². The molecule has 190 valence electrons. The van der Waals surface area contributed by atoms with Crippen molar-refractivity contribution in [3.8, 4) is 5.75 Å². The number of hydrogen-bond acceptors (Lipinski definition) is 7. The van der Waals surface area contributed by atoms with Crippen molar-refractivity contribution >= 4 is 17.9 Å². The van der Waals surface area contributed by atoms with Gasteiger partial charge in [0.05, 0.1) is 6.04 Å². The molecule has 35 heavy (non-hydrogen) atoms. The largest absolute Gasteiger partial charge is 0.491 e. The van der Waals surface area contributed by atoms with Crippen LogP contribution in [0.5, 0.6) is 5.75 Å². The van der Waals surface area contributed by atoms with Gasteiger partial charge in [0.15, 0.2) is 5.82 Å². The molecular weight excluding hydrogens is 452 g/mol. The van der Waals surface area contributed by atoms with E-state index in [2.05, 4.69) is 10.3 Å². The average molecular weight is 487 g/mol. The second kappa shape index (κ2) is 11.2. The molecule has 0 radical (unpaired) electrons. The maximum absolute atomic E-state index is 12.5. The number of aliphatic carboxylic acids is 1. The molecule has 2 heterocycles. The molecule has 10 nitrogen and oxygen atoms in total. The van der Waals surface area contributed by atoms with Crippen LogP contribution >= 0.6 is 0 Å². The number of carboxylic acids is 1. The molecule has 0 spiro atoms. The third-order valence-corrected chi connectivity index (χ3v) is 5.60. The lowest BCUT2D eigenvalue weighted by Gasteiger charge is -2.28. The lowest BCUT2D eigenvalue weighted by molar-refractivity contribution is -0.137. The van der Waals surface area contributed by atoms with Crippen molar-refractivity contribution in [1.82, 2.24) is 14.5 Å². The van der Waals surface area contributed by atoms with Gasteiger partial charge >= 0.3 is 12.1 Å². The van der Waals surface area contributed by atoms with Gasteiger partial charge in [0, 0.05) is 25.0 Å². The van der Waals surface area contributed by atoms with Gasteiger partial charge in [0.2, 0.25) is 0 Å². The van der Waals surface area contributed by atoms with Crippen LogP contribution in [0.3, 0.4) is 0 Å². The average Bonchev–Trinajstić information content (AvgIpc) is 3.25. The molecule has 0 aliphatic carbocycles. The number of aryl methyl sites for hydroxylation is 1. The zero-order valence-corrected chi connectivity index (χ0v) is 20.7. The quantitative estimate of drug-likeness (QED) is 0.554. The molecule has 2 aromatic rings. The Bertz CT molecular complexity index is 1110. The number of amides is 1. The number of carbonyl (C=O) groups excluding carboxylic acids is 1. The molecule has 0 bridgehead atoms. The van der Waals surface area contributed by atoms with Gasteiger partial charge in [0.1, 0.15) is 24.5 Å². The summed E-state index contributed by atoms with van der Waals surface area (Å²) in [4.78, 5) is 41.8. The standard InChI is InChI=1S/C25H34N4O6/c1-17-14-27-22(23(32)29(17)15-21(30)31)26-11-10-18-7-5-9-20(13-18)34-16-19-8-6-12-28(19)24(33)35-25(2,3)4/h5,7,9,13-14,19H,6,8,10-12,15-16H2,1-4H3,(H,26,27)(H,30,31). The Labute approximate surface area is 204 Å². The van der Waals surface area contributed by atoms with E-state index in [0.29, 0.717) is 37.6 Å². The zero-order chi connectivity index (χ0) is 25.6. The fraction of sp³-hybridized carbons (Fsp3) is 0.520. The molecule has 1 aromatic heterocycles. The number of anilines is 1. The third-order valence-electron chi connectivity index (χ3n) is 5.60. The maximum Gasteiger partial charge on any atom is 0.410 e. The highest BCUT2D eigenvalue weighted by atomic mass is 16.6. The minimum Gasteiger partial charge on any atom is -0.491 e. The Morgan fingerprint density at radius 1 is 1.29 bits per heavy atom. The Morgan fingerprint density at radius 3 is 2.77 bits per heavy atom. The number of benzene rings is 1. The number of carboxylic acid groups (broad SMARTS) is 1. The van der Waals surface area contributed by atoms with Crippen molar-refractivity contribution in [2.24, 2.45) is 0 Å². The highest BCUT2D eigenvalue weighted by Gasteiger charge is 2.32. The van der Waals surface area contributed by atoms with Crippen LogP contribution in [0.25, 0.3) is 0 Å². The monoisotopic (exact) mass is 486 g/mol. The van der Waals surface area contributed by atoms with E-state index < -0.39 is 23.7 Å². The number of nitrogens with one attached hydrogen (secondary N) is 1. The van der Waals surface area contributed by atoms with Crippen molar-refractivity contribution in [3.63, 3.8) is 0 Å². The highest BCUT2D eigenvalue weighted by Crippen LogP contribution is 2.22. The molecule has 3 rings (SSSR count). The molecule has 1 aromatic carbocycles. The number of nitrogens with zero attached hydrogens (tertiary/aromatic N) is 3. The molecule has 10 heteroatoms. The van der Waals surface area contributed by atoms with Crippen molar-refractivity contribution < 1.29 is 24.2 Å². The summed E-state index contributed by atoms with van der Waals surface area (Å²) >= 11 is 0. The van der Waals surface area contributed by atoms with Crippen molar-refractivity contribution in [1.29, 1.82) is 0 Å². The summed E-state index contributed by atoms with van der Waals surface area (Å²) in [5.74, 6) is -0.264. The minimum atomic E-state index is -1.09. The van der Waals surface area contributed by atoms with E-state index in [1.54, 1.807) is 11.8 Å². The van der Waals surface area contributed by atoms with Crippen LogP contribution in [-0.4, -0.2) is 63.0 Å². The summed E-state index contributed by atoms with van der Waals surface area (Å²) in [6, 6.07) is 7.63. The van der Waals surface area contributed by atoms with Crippen LogP contribution in [0.1, 0.15) is 44.9 Å². The second-order valence-corrected chi connectivity index (χ2v) is 9.64. The first-order valence-electron chi connectivity index (χ1n) is 11.8. The SMILES string of the molecule is Cc1cnc(NCCc2cccc(OCC3CCCN3C(=O)OC(C)(C)C)c2)c(=O)n1CC(=O)O. The number of rotatable bonds is 9. The number of aromatic nitrogens is 2. The van der Waals surface area contributed by atoms with Gasteiger partial charge in [-0.2, -0.15) is 0 Å². The predicted octanol–water partition coefficient (Wildman–Crippen LogP) is 3.07. The van der Waals surface area contributed by atoms with E-state index in [-0.39, 0.29) is 18.0 Å². The number of hydrogen-bond donors (Lipinski definition) is 2. The Balaban J connectivity index is 1.54. The van der Waals surface area contributed by atoms with Gasteiger partial charge < -0.3 is 24.8 Å². The van der Waals surface area contributed by atoms with E-state index in [0.717, 1.165) is 18.4 Å². The van der Waals surface area contributed by atoms with Crippen molar-refractivity contribution in [2.75, 3.05) is 25.0 Å². The van der Waals surface area contributed by atoms with Crippen LogP contribution in [0.4, 0.5) is 10.6 Å². The lowest BCUT2D eigenvalue weighted by atomic mass is 10.1. The van der Waals surface area contributed by atoms with Crippen LogP contribution in [0.15, 0.2) is 35.3 Å². The van der Waals surface area contributed by atoms with Gasteiger partial charge in [-0.25, -0.2) is 9.78 Å². The number of carbonyl (C=O) groups is 2. The van der Waals surface area contributed by atoms with E-state index in [4.69, 9.17) is 14.6 Å².